The minimum absolute atomic E-state index is 0.0782. The number of ketones is 1. The number of fused-ring (bicyclic) bond motifs is 1. The zero-order chi connectivity index (χ0) is 22.8. The monoisotopic (exact) mass is 463 g/mol. The Bertz CT molecular complexity index is 973. The lowest BCUT2D eigenvalue weighted by Crippen LogP contribution is -2.40. The predicted molar refractivity (Wildman–Crippen MR) is 100 cm³/mol. The van der Waals surface area contributed by atoms with Gasteiger partial charge < -0.3 is 35.8 Å². The predicted octanol–water partition coefficient (Wildman–Crippen LogP) is -2.53. The van der Waals surface area contributed by atoms with Crippen LogP contribution in [0.2, 0.25) is 0 Å². The summed E-state index contributed by atoms with van der Waals surface area (Å²) in [6.07, 6.45) is -4.01. The number of aromatic nitrogens is 4. The van der Waals surface area contributed by atoms with Gasteiger partial charge in [-0.15, -0.1) is 0 Å². The zero-order valence-electron chi connectivity index (χ0n) is 16.0. The Balaban J connectivity index is 1.64. The highest BCUT2D eigenvalue weighted by Crippen LogP contribution is 2.46. The number of aliphatic hydroxyl groups is 4. The van der Waals surface area contributed by atoms with Crippen LogP contribution in [0.15, 0.2) is 12.7 Å². The molecule has 7 N–H and O–H groups in total. The van der Waals surface area contributed by atoms with Crippen LogP contribution in [0, 0.1) is 0 Å². The summed E-state index contributed by atoms with van der Waals surface area (Å²) in [6.45, 7) is -2.67. The van der Waals surface area contributed by atoms with Crippen molar-refractivity contribution in [3.63, 3.8) is 0 Å². The Kier molecular flexibility index (Phi) is 7.31. The number of hydrogen-bond acceptors (Lipinski definition) is 13. The number of carbonyl (C=O) groups excluding carboxylic acids is 1. The van der Waals surface area contributed by atoms with Gasteiger partial charge in [-0.3, -0.25) is 18.4 Å². The molecule has 0 saturated carbocycles. The van der Waals surface area contributed by atoms with E-state index in [2.05, 4.69) is 19.5 Å². The molecule has 16 heteroatoms. The third-order valence-electron chi connectivity index (χ3n) is 4.56. The van der Waals surface area contributed by atoms with Crippen LogP contribution in [0.5, 0.6) is 0 Å². The van der Waals surface area contributed by atoms with Crippen molar-refractivity contribution >= 4 is 30.6 Å². The number of aliphatic hydroxyl groups excluding tert-OH is 4. The second kappa shape index (κ2) is 9.60. The molecule has 0 aromatic carbocycles. The molecular formula is C15H22N5O10P. The van der Waals surface area contributed by atoms with Crippen molar-refractivity contribution in [2.75, 3.05) is 25.6 Å². The Hall–Kier alpha value is -2.07. The van der Waals surface area contributed by atoms with Gasteiger partial charge >= 0.3 is 7.82 Å². The van der Waals surface area contributed by atoms with Crippen LogP contribution in [0.1, 0.15) is 12.6 Å². The highest BCUT2D eigenvalue weighted by atomic mass is 31.2. The highest BCUT2D eigenvalue weighted by Gasteiger charge is 2.40. The molecule has 31 heavy (non-hydrogen) atoms. The number of phosphoric ester groups is 1. The van der Waals surface area contributed by atoms with Gasteiger partial charge in [-0.05, 0) is 0 Å². The van der Waals surface area contributed by atoms with E-state index < -0.39 is 64.1 Å². The average molecular weight is 463 g/mol. The molecule has 2 unspecified atom stereocenters. The molecule has 0 spiro atoms. The summed E-state index contributed by atoms with van der Waals surface area (Å²) in [5.74, 6) is -0.970. The van der Waals surface area contributed by atoms with E-state index in [9.17, 15) is 24.5 Å². The number of ether oxygens (including phenoxy) is 1. The van der Waals surface area contributed by atoms with Crippen molar-refractivity contribution in [2.45, 2.75) is 37.1 Å². The SMILES string of the molecule is Nc1ncnc2c1ncn2[C@H]1CC(O)[C@@H](COP(=O)(O)O[C@H](C(=O)CO)[C@H](O)CO)O1. The molecule has 2 aromatic heterocycles. The normalized spacial score (nSPS) is 25.4. The number of phosphoric acid groups is 1. The van der Waals surface area contributed by atoms with E-state index in [0.717, 1.165) is 0 Å². The lowest BCUT2D eigenvalue weighted by atomic mass is 10.1. The van der Waals surface area contributed by atoms with E-state index in [0.29, 0.717) is 11.2 Å². The fourth-order valence-corrected chi connectivity index (χ4v) is 3.93. The molecule has 0 amide bonds. The number of hydrogen-bond donors (Lipinski definition) is 6. The fraction of sp³-hybridized carbons (Fsp3) is 0.600. The summed E-state index contributed by atoms with van der Waals surface area (Å²) in [4.78, 5) is 33.4. The smallest absolute Gasteiger partial charge is 0.394 e. The Morgan fingerprint density at radius 3 is 2.81 bits per heavy atom. The maximum atomic E-state index is 12.2. The molecule has 1 fully saturated rings. The molecule has 1 aliphatic rings. The molecule has 0 radical (unpaired) electrons. The van der Waals surface area contributed by atoms with Crippen LogP contribution in [0.3, 0.4) is 0 Å². The molecular weight excluding hydrogens is 441 g/mol. The Labute approximate surface area is 174 Å². The molecule has 172 valence electrons. The van der Waals surface area contributed by atoms with Gasteiger partial charge in [-0.1, -0.05) is 0 Å². The number of nitrogens with zero attached hydrogens (tertiary/aromatic N) is 4. The van der Waals surface area contributed by atoms with E-state index in [1.54, 1.807) is 0 Å². The number of imidazole rings is 1. The van der Waals surface area contributed by atoms with Gasteiger partial charge in [0.15, 0.2) is 23.4 Å². The van der Waals surface area contributed by atoms with E-state index in [1.165, 1.54) is 17.2 Å². The maximum absolute atomic E-state index is 12.2. The summed E-state index contributed by atoms with van der Waals surface area (Å²) < 4.78 is 28.7. The average Bonchev–Trinajstić information content (AvgIpc) is 3.33. The highest BCUT2D eigenvalue weighted by molar-refractivity contribution is 7.47. The fourth-order valence-electron chi connectivity index (χ4n) is 2.99. The van der Waals surface area contributed by atoms with E-state index in [1.807, 2.05) is 0 Å². The summed E-state index contributed by atoms with van der Waals surface area (Å²) in [6, 6.07) is 0. The third-order valence-corrected chi connectivity index (χ3v) is 5.53. The molecule has 6 atom stereocenters. The largest absolute Gasteiger partial charge is 0.473 e. The van der Waals surface area contributed by atoms with Crippen LogP contribution in [0.25, 0.3) is 11.2 Å². The van der Waals surface area contributed by atoms with Gasteiger partial charge in [0.2, 0.25) is 0 Å². The second-order valence-electron chi connectivity index (χ2n) is 6.68. The summed E-state index contributed by atoms with van der Waals surface area (Å²) in [5.41, 5.74) is 6.45. The van der Waals surface area contributed by atoms with Crippen molar-refractivity contribution < 1.29 is 48.5 Å². The van der Waals surface area contributed by atoms with Crippen LogP contribution < -0.4 is 5.73 Å². The summed E-state index contributed by atoms with van der Waals surface area (Å²) in [7, 11) is -4.94. The van der Waals surface area contributed by atoms with Gasteiger partial charge in [0.05, 0.1) is 25.6 Å². The van der Waals surface area contributed by atoms with Crippen molar-refractivity contribution in [2.24, 2.45) is 0 Å². The first-order valence-electron chi connectivity index (χ1n) is 9.01. The van der Waals surface area contributed by atoms with E-state index in [-0.39, 0.29) is 12.2 Å². The molecule has 0 bridgehead atoms. The first-order chi connectivity index (χ1) is 14.7. The van der Waals surface area contributed by atoms with Crippen molar-refractivity contribution in [1.29, 1.82) is 0 Å². The number of rotatable bonds is 10. The van der Waals surface area contributed by atoms with Crippen molar-refractivity contribution in [1.82, 2.24) is 19.5 Å². The van der Waals surface area contributed by atoms with Crippen molar-refractivity contribution in [3.05, 3.63) is 12.7 Å². The number of nitrogens with two attached hydrogens (primary N) is 1. The second-order valence-corrected chi connectivity index (χ2v) is 8.09. The number of anilines is 1. The van der Waals surface area contributed by atoms with Gasteiger partial charge in [-0.25, -0.2) is 19.5 Å². The van der Waals surface area contributed by atoms with Crippen LogP contribution in [-0.2, 0) is 23.1 Å². The van der Waals surface area contributed by atoms with Crippen molar-refractivity contribution in [3.8, 4) is 0 Å². The third kappa shape index (κ3) is 5.23. The molecule has 1 saturated heterocycles. The standard InChI is InChI=1S/C15H22N5O10P/c16-14-12-15(18-5-17-14)20(6-19-12)11-1-7(23)10(29-11)4-28-31(26,27)30-13(8(24)2-21)9(25)3-22/h5-8,10-11,13,21-24H,1-4H2,(H,26,27)(H2,16,17,18)/t7?,8-,10-,11-,13+/m1/s1. The molecule has 1 aliphatic heterocycles. The summed E-state index contributed by atoms with van der Waals surface area (Å²) in [5, 5.41) is 37.6. The minimum atomic E-state index is -4.94. The zero-order valence-corrected chi connectivity index (χ0v) is 16.9. The Morgan fingerprint density at radius 2 is 2.13 bits per heavy atom. The molecule has 3 rings (SSSR count). The van der Waals surface area contributed by atoms with Gasteiger partial charge in [0.1, 0.15) is 36.9 Å². The number of nitrogen functional groups attached to an aromatic ring is 1. The van der Waals surface area contributed by atoms with Crippen LogP contribution in [0.4, 0.5) is 5.82 Å². The molecule has 0 aliphatic carbocycles. The summed E-state index contributed by atoms with van der Waals surface area (Å²) >= 11 is 0. The first-order valence-corrected chi connectivity index (χ1v) is 10.5. The van der Waals surface area contributed by atoms with Crippen LogP contribution >= 0.6 is 7.82 Å². The lowest BCUT2D eigenvalue weighted by Gasteiger charge is -2.23. The van der Waals surface area contributed by atoms with Gasteiger partial charge in [0, 0.05) is 6.42 Å². The first kappa shape index (κ1) is 23.6. The quantitative estimate of drug-likeness (QED) is 0.200. The van der Waals surface area contributed by atoms with E-state index in [4.69, 9.17) is 25.2 Å². The maximum Gasteiger partial charge on any atom is 0.473 e. The Morgan fingerprint density at radius 1 is 1.39 bits per heavy atom. The van der Waals surface area contributed by atoms with E-state index >= 15 is 0 Å². The lowest BCUT2D eigenvalue weighted by molar-refractivity contribution is -0.137. The molecule has 2 aromatic rings. The van der Waals surface area contributed by atoms with Gasteiger partial charge in [0.25, 0.3) is 0 Å². The number of carbonyl (C=O) groups is 1. The molecule has 15 nitrogen and oxygen atoms in total. The topological polar surface area (TPSA) is 233 Å². The number of Topliss-reactive ketones (excluding diaryl/α,β-unsaturated/α-hetero) is 1. The minimum Gasteiger partial charge on any atom is -0.394 e. The van der Waals surface area contributed by atoms with Crippen LogP contribution in [-0.4, -0.2) is 94.9 Å². The molecule has 3 heterocycles. The van der Waals surface area contributed by atoms with Gasteiger partial charge in [-0.2, -0.15) is 0 Å².